The van der Waals surface area contributed by atoms with Crippen LogP contribution in [0.3, 0.4) is 0 Å². The Morgan fingerprint density at radius 1 is 1.54 bits per heavy atom. The molecular weight excluding hydrogens is 166 g/mol. The molecule has 0 amide bonds. The SMILES string of the molecule is CN=C(NN)Nc1ccc(C)nc1. The first-order valence-corrected chi connectivity index (χ1v) is 3.89. The average Bonchev–Trinajstić information content (AvgIpc) is 2.17. The quantitative estimate of drug-likeness (QED) is 0.250. The van der Waals surface area contributed by atoms with Gasteiger partial charge in [-0.25, -0.2) is 5.84 Å². The van der Waals surface area contributed by atoms with Gasteiger partial charge in [-0.05, 0) is 19.1 Å². The molecule has 0 fully saturated rings. The number of aryl methyl sites for hydroxylation is 1. The number of anilines is 1. The number of guanidine groups is 1. The van der Waals surface area contributed by atoms with Crippen molar-refractivity contribution in [2.45, 2.75) is 6.92 Å². The number of rotatable bonds is 1. The minimum atomic E-state index is 0.505. The molecule has 0 saturated heterocycles. The zero-order valence-corrected chi connectivity index (χ0v) is 7.70. The molecule has 0 bridgehead atoms. The van der Waals surface area contributed by atoms with Crippen LogP contribution in [-0.2, 0) is 0 Å². The van der Waals surface area contributed by atoms with Crippen molar-refractivity contribution < 1.29 is 0 Å². The summed E-state index contributed by atoms with van der Waals surface area (Å²) in [7, 11) is 1.64. The van der Waals surface area contributed by atoms with Crippen LogP contribution in [0.15, 0.2) is 23.3 Å². The van der Waals surface area contributed by atoms with E-state index in [9.17, 15) is 0 Å². The zero-order valence-electron chi connectivity index (χ0n) is 7.70. The Kier molecular flexibility index (Phi) is 3.22. The van der Waals surface area contributed by atoms with E-state index in [1.807, 2.05) is 19.1 Å². The van der Waals surface area contributed by atoms with Crippen molar-refractivity contribution in [3.05, 3.63) is 24.0 Å². The minimum Gasteiger partial charge on any atom is -0.324 e. The molecule has 1 aromatic rings. The van der Waals surface area contributed by atoms with E-state index in [4.69, 9.17) is 5.84 Å². The highest BCUT2D eigenvalue weighted by molar-refractivity contribution is 5.92. The molecule has 0 atom stereocenters. The molecule has 0 aliphatic rings. The summed E-state index contributed by atoms with van der Waals surface area (Å²) in [5, 5.41) is 2.96. The third kappa shape index (κ3) is 2.72. The molecule has 1 rings (SSSR count). The van der Waals surface area contributed by atoms with E-state index in [0.29, 0.717) is 5.96 Å². The van der Waals surface area contributed by atoms with Gasteiger partial charge in [0.15, 0.2) is 0 Å². The molecule has 70 valence electrons. The van der Waals surface area contributed by atoms with E-state index in [2.05, 4.69) is 20.7 Å². The Morgan fingerprint density at radius 2 is 2.31 bits per heavy atom. The van der Waals surface area contributed by atoms with Crippen LogP contribution in [0.2, 0.25) is 0 Å². The maximum absolute atomic E-state index is 5.20. The summed E-state index contributed by atoms with van der Waals surface area (Å²) < 4.78 is 0. The summed E-state index contributed by atoms with van der Waals surface area (Å²) in [6, 6.07) is 3.82. The van der Waals surface area contributed by atoms with Crippen molar-refractivity contribution in [1.29, 1.82) is 0 Å². The molecule has 0 aromatic carbocycles. The molecular formula is C8H13N5. The Labute approximate surface area is 77.1 Å². The summed E-state index contributed by atoms with van der Waals surface area (Å²) >= 11 is 0. The first kappa shape index (κ1) is 9.47. The molecule has 0 saturated carbocycles. The summed E-state index contributed by atoms with van der Waals surface area (Å²) in [6.07, 6.45) is 1.72. The number of pyridine rings is 1. The minimum absolute atomic E-state index is 0.505. The molecule has 0 spiro atoms. The number of nitrogens with two attached hydrogens (primary N) is 1. The topological polar surface area (TPSA) is 75.3 Å². The number of hydrazine groups is 1. The average molecular weight is 179 g/mol. The van der Waals surface area contributed by atoms with Crippen molar-refractivity contribution in [2.24, 2.45) is 10.8 Å². The first-order valence-electron chi connectivity index (χ1n) is 3.89. The molecule has 5 heteroatoms. The van der Waals surface area contributed by atoms with Crippen molar-refractivity contribution in [1.82, 2.24) is 10.4 Å². The normalized spacial score (nSPS) is 11.2. The number of nitrogens with one attached hydrogen (secondary N) is 2. The molecule has 1 heterocycles. The fraction of sp³-hybridized carbons (Fsp3) is 0.250. The maximum atomic E-state index is 5.20. The van der Waals surface area contributed by atoms with E-state index in [0.717, 1.165) is 11.4 Å². The van der Waals surface area contributed by atoms with Crippen LogP contribution >= 0.6 is 0 Å². The lowest BCUT2D eigenvalue weighted by Crippen LogP contribution is -2.36. The number of aromatic nitrogens is 1. The van der Waals surface area contributed by atoms with Crippen molar-refractivity contribution >= 4 is 11.6 Å². The van der Waals surface area contributed by atoms with Crippen LogP contribution in [0, 0.1) is 6.92 Å². The lowest BCUT2D eigenvalue weighted by Gasteiger charge is -2.07. The van der Waals surface area contributed by atoms with Gasteiger partial charge in [0.1, 0.15) is 0 Å². The second kappa shape index (κ2) is 4.42. The molecule has 0 radical (unpaired) electrons. The largest absolute Gasteiger partial charge is 0.324 e. The van der Waals surface area contributed by atoms with Gasteiger partial charge >= 0.3 is 0 Å². The zero-order chi connectivity index (χ0) is 9.68. The number of aliphatic imine (C=N–C) groups is 1. The molecule has 4 N–H and O–H groups in total. The van der Waals surface area contributed by atoms with Gasteiger partial charge in [0.2, 0.25) is 5.96 Å². The first-order chi connectivity index (χ1) is 6.26. The van der Waals surface area contributed by atoms with Gasteiger partial charge in [-0.2, -0.15) is 0 Å². The Bertz CT molecular complexity index is 290. The molecule has 5 nitrogen and oxygen atoms in total. The van der Waals surface area contributed by atoms with Crippen LogP contribution in [0.1, 0.15) is 5.69 Å². The fourth-order valence-electron chi connectivity index (χ4n) is 0.835. The van der Waals surface area contributed by atoms with Crippen LogP contribution in [0.4, 0.5) is 5.69 Å². The Balaban J connectivity index is 2.69. The standard InChI is InChI=1S/C8H13N5/c1-6-3-4-7(5-11-6)12-8(10-2)13-9/h3-5H,9H2,1-2H3,(H2,10,12,13). The number of hydrogen-bond acceptors (Lipinski definition) is 3. The highest BCUT2D eigenvalue weighted by Gasteiger charge is 1.95. The van der Waals surface area contributed by atoms with Crippen molar-refractivity contribution in [3.63, 3.8) is 0 Å². The van der Waals surface area contributed by atoms with E-state index >= 15 is 0 Å². The smallest absolute Gasteiger partial charge is 0.210 e. The van der Waals surface area contributed by atoms with Gasteiger partial charge in [-0.3, -0.25) is 15.4 Å². The summed E-state index contributed by atoms with van der Waals surface area (Å²) in [4.78, 5) is 7.98. The monoisotopic (exact) mass is 179 g/mol. The van der Waals surface area contributed by atoms with E-state index < -0.39 is 0 Å². The van der Waals surface area contributed by atoms with Gasteiger partial charge in [-0.1, -0.05) is 0 Å². The van der Waals surface area contributed by atoms with Crippen molar-refractivity contribution in [3.8, 4) is 0 Å². The van der Waals surface area contributed by atoms with Crippen LogP contribution in [0.5, 0.6) is 0 Å². The highest BCUT2D eigenvalue weighted by Crippen LogP contribution is 2.04. The second-order valence-corrected chi connectivity index (χ2v) is 2.53. The fourth-order valence-corrected chi connectivity index (χ4v) is 0.835. The Morgan fingerprint density at radius 3 is 2.77 bits per heavy atom. The molecule has 13 heavy (non-hydrogen) atoms. The Hall–Kier alpha value is -1.62. The molecule has 0 unspecified atom stereocenters. The van der Waals surface area contributed by atoms with E-state index in [1.165, 1.54) is 0 Å². The molecule has 0 aliphatic carbocycles. The van der Waals surface area contributed by atoms with Gasteiger partial charge in [-0.15, -0.1) is 0 Å². The van der Waals surface area contributed by atoms with Crippen LogP contribution in [-0.4, -0.2) is 18.0 Å². The van der Waals surface area contributed by atoms with Crippen LogP contribution < -0.4 is 16.6 Å². The summed E-state index contributed by atoms with van der Waals surface area (Å²) in [5.74, 6) is 5.70. The lowest BCUT2D eigenvalue weighted by atomic mass is 10.3. The molecule has 1 aromatic heterocycles. The van der Waals surface area contributed by atoms with E-state index in [-0.39, 0.29) is 0 Å². The van der Waals surface area contributed by atoms with Gasteiger partial charge < -0.3 is 5.32 Å². The van der Waals surface area contributed by atoms with Crippen LogP contribution in [0.25, 0.3) is 0 Å². The summed E-state index contributed by atoms with van der Waals surface area (Å²) in [6.45, 7) is 1.93. The predicted octanol–water partition coefficient (Wildman–Crippen LogP) is 0.251. The molecule has 0 aliphatic heterocycles. The number of nitrogens with zero attached hydrogens (tertiary/aromatic N) is 2. The maximum Gasteiger partial charge on any atom is 0.210 e. The summed E-state index contributed by atoms with van der Waals surface area (Å²) in [5.41, 5.74) is 4.25. The van der Waals surface area contributed by atoms with Gasteiger partial charge in [0, 0.05) is 12.7 Å². The lowest BCUT2D eigenvalue weighted by molar-refractivity contribution is 1.01. The second-order valence-electron chi connectivity index (χ2n) is 2.53. The predicted molar refractivity (Wildman–Crippen MR) is 53.3 cm³/mol. The van der Waals surface area contributed by atoms with Gasteiger partial charge in [0.05, 0.1) is 11.9 Å². The third-order valence-electron chi connectivity index (χ3n) is 1.53. The van der Waals surface area contributed by atoms with Gasteiger partial charge in [0.25, 0.3) is 0 Å². The third-order valence-corrected chi connectivity index (χ3v) is 1.53. The van der Waals surface area contributed by atoms with E-state index in [1.54, 1.807) is 13.2 Å². The van der Waals surface area contributed by atoms with Crippen molar-refractivity contribution in [2.75, 3.05) is 12.4 Å². The highest BCUT2D eigenvalue weighted by atomic mass is 15.3. The number of hydrogen-bond donors (Lipinski definition) is 3.